The number of nitrogens with zero attached hydrogens (tertiary/aromatic N) is 1. The van der Waals surface area contributed by atoms with Gasteiger partial charge in [-0.15, -0.1) is 0 Å². The van der Waals surface area contributed by atoms with Crippen LogP contribution in [0, 0.1) is 5.92 Å². The summed E-state index contributed by atoms with van der Waals surface area (Å²) < 4.78 is 0. The van der Waals surface area contributed by atoms with Crippen molar-refractivity contribution in [2.24, 2.45) is 5.92 Å². The molecule has 1 aliphatic heterocycles. The normalized spacial score (nSPS) is 27.3. The maximum Gasteiger partial charge on any atom is 0.246 e. The molecule has 0 bridgehead atoms. The highest BCUT2D eigenvalue weighted by Gasteiger charge is 2.40. The van der Waals surface area contributed by atoms with E-state index in [0.29, 0.717) is 12.3 Å². The molecule has 0 spiro atoms. The predicted octanol–water partition coefficient (Wildman–Crippen LogP) is 1.55. The number of carbonyl (C=O) groups is 2. The molecule has 17 heavy (non-hydrogen) atoms. The van der Waals surface area contributed by atoms with Crippen molar-refractivity contribution >= 4 is 11.8 Å². The highest BCUT2D eigenvalue weighted by atomic mass is 16.2. The molecule has 1 N–H and O–H groups in total. The van der Waals surface area contributed by atoms with E-state index >= 15 is 0 Å². The van der Waals surface area contributed by atoms with E-state index in [1.54, 1.807) is 4.90 Å². The minimum absolute atomic E-state index is 0.0319. The molecule has 98 valence electrons. The van der Waals surface area contributed by atoms with E-state index in [0.717, 1.165) is 6.42 Å². The van der Waals surface area contributed by atoms with Crippen molar-refractivity contribution in [1.82, 2.24) is 10.2 Å². The van der Waals surface area contributed by atoms with E-state index in [1.165, 1.54) is 0 Å². The monoisotopic (exact) mass is 240 g/mol. The third-order valence-corrected chi connectivity index (χ3v) is 3.62. The van der Waals surface area contributed by atoms with Crippen LogP contribution in [0.25, 0.3) is 0 Å². The second-order valence-corrected chi connectivity index (χ2v) is 5.11. The zero-order valence-electron chi connectivity index (χ0n) is 11.5. The van der Waals surface area contributed by atoms with Crippen molar-refractivity contribution in [2.45, 2.75) is 65.6 Å². The fourth-order valence-corrected chi connectivity index (χ4v) is 2.57. The van der Waals surface area contributed by atoms with Gasteiger partial charge >= 0.3 is 0 Å². The van der Waals surface area contributed by atoms with Crippen LogP contribution in [-0.4, -0.2) is 34.8 Å². The molecule has 1 fully saturated rings. The van der Waals surface area contributed by atoms with Crippen molar-refractivity contribution in [3.05, 3.63) is 0 Å². The Morgan fingerprint density at radius 1 is 1.29 bits per heavy atom. The molecule has 4 heteroatoms. The second-order valence-electron chi connectivity index (χ2n) is 5.11. The van der Waals surface area contributed by atoms with Gasteiger partial charge in [0.25, 0.3) is 0 Å². The molecule has 1 rings (SSSR count). The van der Waals surface area contributed by atoms with Gasteiger partial charge in [-0.05, 0) is 25.7 Å². The molecule has 3 unspecified atom stereocenters. The molecule has 1 saturated heterocycles. The van der Waals surface area contributed by atoms with Crippen LogP contribution in [0.3, 0.4) is 0 Å². The molecule has 3 atom stereocenters. The first-order chi connectivity index (χ1) is 7.93. The van der Waals surface area contributed by atoms with Crippen molar-refractivity contribution in [2.75, 3.05) is 0 Å². The minimum Gasteiger partial charge on any atom is -0.343 e. The zero-order valence-corrected chi connectivity index (χ0v) is 11.5. The van der Waals surface area contributed by atoms with Crippen LogP contribution >= 0.6 is 0 Å². The molecular weight excluding hydrogens is 216 g/mol. The Hall–Kier alpha value is -1.06. The summed E-state index contributed by atoms with van der Waals surface area (Å²) in [6.45, 7) is 10.00. The number of carbonyl (C=O) groups excluding carboxylic acids is 2. The fourth-order valence-electron chi connectivity index (χ4n) is 2.57. The first-order valence-corrected chi connectivity index (χ1v) is 6.56. The summed E-state index contributed by atoms with van der Waals surface area (Å²) in [4.78, 5) is 26.0. The van der Waals surface area contributed by atoms with Crippen LogP contribution in [0.5, 0.6) is 0 Å². The Kier molecular flexibility index (Phi) is 4.54. The number of hydrogen-bond donors (Lipinski definition) is 1. The van der Waals surface area contributed by atoms with E-state index in [1.807, 2.05) is 13.8 Å². The SMILES string of the molecule is CCC1NC(=O)C(C)N(C(CC)C(C)C)C1=O. The van der Waals surface area contributed by atoms with Crippen LogP contribution < -0.4 is 5.32 Å². The average molecular weight is 240 g/mol. The van der Waals surface area contributed by atoms with Gasteiger partial charge in [0.2, 0.25) is 11.8 Å². The van der Waals surface area contributed by atoms with Crippen LogP contribution in [-0.2, 0) is 9.59 Å². The van der Waals surface area contributed by atoms with Gasteiger partial charge in [-0.25, -0.2) is 0 Å². The van der Waals surface area contributed by atoms with Gasteiger partial charge in [-0.3, -0.25) is 9.59 Å². The number of piperazine rings is 1. The number of nitrogens with one attached hydrogen (secondary N) is 1. The summed E-state index contributed by atoms with van der Waals surface area (Å²) in [7, 11) is 0. The number of hydrogen-bond acceptors (Lipinski definition) is 2. The Morgan fingerprint density at radius 3 is 2.29 bits per heavy atom. The molecule has 1 heterocycles. The summed E-state index contributed by atoms with van der Waals surface area (Å²) in [5, 5.41) is 2.78. The number of amides is 2. The highest BCUT2D eigenvalue weighted by molar-refractivity contribution is 5.96. The van der Waals surface area contributed by atoms with Gasteiger partial charge in [0.1, 0.15) is 12.1 Å². The first kappa shape index (κ1) is 14.0. The third kappa shape index (κ3) is 2.61. The van der Waals surface area contributed by atoms with Gasteiger partial charge < -0.3 is 10.2 Å². The third-order valence-electron chi connectivity index (χ3n) is 3.62. The lowest BCUT2D eigenvalue weighted by atomic mass is 9.95. The summed E-state index contributed by atoms with van der Waals surface area (Å²) in [6, 6.07) is -0.540. The smallest absolute Gasteiger partial charge is 0.246 e. The average Bonchev–Trinajstić information content (AvgIpc) is 2.28. The topological polar surface area (TPSA) is 49.4 Å². The Morgan fingerprint density at radius 2 is 1.88 bits per heavy atom. The minimum atomic E-state index is -0.349. The maximum absolute atomic E-state index is 12.3. The Balaban J connectivity index is 2.99. The van der Waals surface area contributed by atoms with Gasteiger partial charge in [0, 0.05) is 6.04 Å². The molecule has 0 aromatic heterocycles. The first-order valence-electron chi connectivity index (χ1n) is 6.56. The second kappa shape index (κ2) is 5.52. The van der Waals surface area contributed by atoms with E-state index < -0.39 is 0 Å². The van der Waals surface area contributed by atoms with Crippen LogP contribution in [0.4, 0.5) is 0 Å². The Bertz CT molecular complexity index is 302. The molecule has 4 nitrogen and oxygen atoms in total. The van der Waals surface area contributed by atoms with Crippen LogP contribution in [0.15, 0.2) is 0 Å². The van der Waals surface area contributed by atoms with Gasteiger partial charge in [0.15, 0.2) is 0 Å². The zero-order chi connectivity index (χ0) is 13.2. The van der Waals surface area contributed by atoms with E-state index in [4.69, 9.17) is 0 Å². The predicted molar refractivity (Wildman–Crippen MR) is 67.4 cm³/mol. The van der Waals surface area contributed by atoms with Gasteiger partial charge in [0.05, 0.1) is 0 Å². The molecule has 1 aliphatic rings. The summed E-state index contributed by atoms with van der Waals surface area (Å²) in [5.41, 5.74) is 0. The van der Waals surface area contributed by atoms with E-state index in [2.05, 4.69) is 26.1 Å². The molecule has 0 aromatic carbocycles. The standard InChI is InChI=1S/C13H24N2O2/c1-6-10-13(17)15(9(5)12(16)14-10)11(7-2)8(3)4/h8-11H,6-7H2,1-5H3,(H,14,16). The lowest BCUT2D eigenvalue weighted by molar-refractivity contribution is -0.152. The largest absolute Gasteiger partial charge is 0.343 e. The molecule has 0 saturated carbocycles. The lowest BCUT2D eigenvalue weighted by Gasteiger charge is -2.43. The van der Waals surface area contributed by atoms with E-state index in [9.17, 15) is 9.59 Å². The highest BCUT2D eigenvalue weighted by Crippen LogP contribution is 2.22. The quantitative estimate of drug-likeness (QED) is 0.810. The summed E-state index contributed by atoms with van der Waals surface area (Å²) in [6.07, 6.45) is 1.54. The summed E-state index contributed by atoms with van der Waals surface area (Å²) in [5.74, 6) is 0.408. The van der Waals surface area contributed by atoms with Crippen LogP contribution in [0.2, 0.25) is 0 Å². The van der Waals surface area contributed by atoms with Gasteiger partial charge in [-0.2, -0.15) is 0 Å². The van der Waals surface area contributed by atoms with Crippen molar-refractivity contribution in [1.29, 1.82) is 0 Å². The fraction of sp³-hybridized carbons (Fsp3) is 0.846. The lowest BCUT2D eigenvalue weighted by Crippen LogP contribution is -2.65. The van der Waals surface area contributed by atoms with Crippen molar-refractivity contribution in [3.8, 4) is 0 Å². The van der Waals surface area contributed by atoms with E-state index in [-0.39, 0.29) is 29.9 Å². The molecular formula is C13H24N2O2. The molecule has 0 radical (unpaired) electrons. The molecule has 2 amide bonds. The van der Waals surface area contributed by atoms with Crippen molar-refractivity contribution in [3.63, 3.8) is 0 Å². The molecule has 0 aliphatic carbocycles. The van der Waals surface area contributed by atoms with Gasteiger partial charge in [-0.1, -0.05) is 27.7 Å². The maximum atomic E-state index is 12.3. The van der Waals surface area contributed by atoms with Crippen LogP contribution in [0.1, 0.15) is 47.5 Å². The Labute approximate surface area is 104 Å². The molecule has 0 aromatic rings. The summed E-state index contributed by atoms with van der Waals surface area (Å²) >= 11 is 0. The van der Waals surface area contributed by atoms with Crippen molar-refractivity contribution < 1.29 is 9.59 Å². The number of rotatable bonds is 4.